The number of hydrogen-bond donors (Lipinski definition) is 3. The molecule has 0 aromatic carbocycles. The van der Waals surface area contributed by atoms with Gasteiger partial charge in [-0.1, -0.05) is 168 Å². The molecule has 0 aliphatic heterocycles. The Balaban J connectivity index is 3.69. The van der Waals surface area contributed by atoms with Crippen molar-refractivity contribution >= 4 is 19.8 Å². The number of phosphoric acid groups is 1. The molecule has 0 aromatic rings. The lowest BCUT2D eigenvalue weighted by Gasteiger charge is -2.20. The van der Waals surface area contributed by atoms with Crippen LogP contribution in [0.3, 0.4) is 0 Å². The van der Waals surface area contributed by atoms with Crippen LogP contribution in [0.2, 0.25) is 0 Å². The molecule has 0 fully saturated rings. The molecule has 0 spiro atoms. The topological polar surface area (TPSA) is 149 Å². The summed E-state index contributed by atoms with van der Waals surface area (Å²) >= 11 is 0. The Morgan fingerprint density at radius 2 is 0.714 bits per heavy atom. The van der Waals surface area contributed by atoms with Crippen molar-refractivity contribution in [3.63, 3.8) is 0 Å². The lowest BCUT2D eigenvalue weighted by atomic mass is 10.0. The molecule has 3 unspecified atom stereocenters. The number of unbranched alkanes of at least 4 members (excludes halogenated alkanes) is 24. The largest absolute Gasteiger partial charge is 0.472 e. The molecule has 0 amide bonds. The molecule has 0 radical (unpaired) electrons. The summed E-state index contributed by atoms with van der Waals surface area (Å²) in [4.78, 5) is 33.9. The molecule has 3 N–H and O–H groups in total. The van der Waals surface area contributed by atoms with Gasteiger partial charge in [-0.05, 0) is 12.8 Å². The number of aliphatic hydroxyl groups is 2. The highest BCUT2D eigenvalue weighted by molar-refractivity contribution is 7.47. The van der Waals surface area contributed by atoms with Crippen molar-refractivity contribution in [1.29, 1.82) is 0 Å². The van der Waals surface area contributed by atoms with Crippen molar-refractivity contribution in [3.05, 3.63) is 0 Å². The average Bonchev–Trinajstić information content (AvgIpc) is 3.08. The zero-order chi connectivity index (χ0) is 36.3. The molecule has 0 aliphatic carbocycles. The summed E-state index contributed by atoms with van der Waals surface area (Å²) in [6.07, 6.45) is 30.6. The summed E-state index contributed by atoms with van der Waals surface area (Å²) in [5, 5.41) is 18.9. The van der Waals surface area contributed by atoms with Crippen LogP contribution < -0.4 is 0 Å². The van der Waals surface area contributed by atoms with Crippen LogP contribution in [0.1, 0.15) is 194 Å². The van der Waals surface area contributed by atoms with Gasteiger partial charge in [0.25, 0.3) is 0 Å². The van der Waals surface area contributed by atoms with E-state index in [1.807, 2.05) is 6.92 Å². The van der Waals surface area contributed by atoms with E-state index in [4.69, 9.17) is 18.5 Å². The molecule has 292 valence electrons. The molecule has 0 rings (SSSR count). The van der Waals surface area contributed by atoms with Gasteiger partial charge < -0.3 is 24.6 Å². The molecule has 49 heavy (non-hydrogen) atoms. The van der Waals surface area contributed by atoms with Gasteiger partial charge in [0, 0.05) is 12.8 Å². The van der Waals surface area contributed by atoms with E-state index in [9.17, 15) is 29.3 Å². The van der Waals surface area contributed by atoms with Crippen LogP contribution in [0.25, 0.3) is 0 Å². The maximum atomic E-state index is 12.2. The number of phosphoric ester groups is 1. The summed E-state index contributed by atoms with van der Waals surface area (Å²) in [7, 11) is -4.61. The second kappa shape index (κ2) is 35.4. The smallest absolute Gasteiger partial charge is 0.457 e. The minimum Gasteiger partial charge on any atom is -0.457 e. The van der Waals surface area contributed by atoms with Crippen molar-refractivity contribution in [3.8, 4) is 0 Å². The Morgan fingerprint density at radius 1 is 0.469 bits per heavy atom. The lowest BCUT2D eigenvalue weighted by molar-refractivity contribution is -0.153. The fourth-order valence-corrected chi connectivity index (χ4v) is 6.49. The first-order chi connectivity index (χ1) is 23.8. The summed E-state index contributed by atoms with van der Waals surface area (Å²) in [5.74, 6) is -1.03. The number of esters is 2. The van der Waals surface area contributed by atoms with E-state index in [0.717, 1.165) is 32.1 Å². The van der Waals surface area contributed by atoms with Gasteiger partial charge >= 0.3 is 19.8 Å². The minimum absolute atomic E-state index is 0.181. The Morgan fingerprint density at radius 3 is 1.00 bits per heavy atom. The average molecular weight is 723 g/mol. The zero-order valence-electron chi connectivity index (χ0n) is 31.4. The lowest BCUT2D eigenvalue weighted by Crippen LogP contribution is -2.28. The highest BCUT2D eigenvalue weighted by atomic mass is 31.2. The van der Waals surface area contributed by atoms with Crippen molar-refractivity contribution < 1.29 is 47.8 Å². The van der Waals surface area contributed by atoms with E-state index in [0.29, 0.717) is 12.8 Å². The molecule has 11 heteroatoms. The third-order valence-electron chi connectivity index (χ3n) is 8.82. The second-order valence-corrected chi connectivity index (χ2v) is 15.1. The van der Waals surface area contributed by atoms with Gasteiger partial charge in [-0.25, -0.2) is 4.57 Å². The van der Waals surface area contributed by atoms with E-state index < -0.39 is 58.4 Å². The van der Waals surface area contributed by atoms with E-state index in [-0.39, 0.29) is 12.8 Å². The molecular formula is C38H75O10P. The zero-order valence-corrected chi connectivity index (χ0v) is 32.3. The molecule has 0 aromatic heterocycles. The van der Waals surface area contributed by atoms with Crippen molar-refractivity contribution in [2.45, 2.75) is 206 Å². The number of hydrogen-bond acceptors (Lipinski definition) is 9. The van der Waals surface area contributed by atoms with Crippen LogP contribution in [-0.4, -0.2) is 65.7 Å². The van der Waals surface area contributed by atoms with Crippen LogP contribution in [0.15, 0.2) is 0 Å². The van der Waals surface area contributed by atoms with Crippen molar-refractivity contribution in [2.75, 3.05) is 26.4 Å². The summed E-state index contributed by atoms with van der Waals surface area (Å²) in [5.41, 5.74) is 0. The number of carbonyl (C=O) groups is 2. The number of ether oxygens (including phenoxy) is 2. The maximum Gasteiger partial charge on any atom is 0.472 e. The van der Waals surface area contributed by atoms with E-state index in [1.54, 1.807) is 0 Å². The Kier molecular flexibility index (Phi) is 34.6. The monoisotopic (exact) mass is 723 g/mol. The molecular weight excluding hydrogens is 647 g/mol. The van der Waals surface area contributed by atoms with Crippen LogP contribution in [0, 0.1) is 0 Å². The quantitative estimate of drug-likeness (QED) is 0.0319. The van der Waals surface area contributed by atoms with Crippen LogP contribution in [0.5, 0.6) is 0 Å². The number of aliphatic hydroxyl groups excluding tert-OH is 2. The van der Waals surface area contributed by atoms with Gasteiger partial charge in [0.1, 0.15) is 12.2 Å². The molecule has 0 bridgehead atoms. The Labute approximate surface area is 299 Å². The molecule has 10 nitrogen and oxygen atoms in total. The second-order valence-electron chi connectivity index (χ2n) is 13.6. The number of carbonyl (C=O) groups excluding carboxylic acids is 2. The minimum atomic E-state index is -4.61. The maximum absolute atomic E-state index is 12.2. The van der Waals surface area contributed by atoms with Crippen molar-refractivity contribution in [1.82, 2.24) is 0 Å². The van der Waals surface area contributed by atoms with Gasteiger partial charge in [-0.2, -0.15) is 0 Å². The van der Waals surface area contributed by atoms with Gasteiger partial charge in [0.2, 0.25) is 0 Å². The summed E-state index contributed by atoms with van der Waals surface area (Å²) in [6.45, 7) is 2.01. The summed E-state index contributed by atoms with van der Waals surface area (Å²) in [6, 6.07) is 0. The summed E-state index contributed by atoms with van der Waals surface area (Å²) < 4.78 is 32.1. The fraction of sp³-hybridized carbons (Fsp3) is 0.947. The third-order valence-corrected chi connectivity index (χ3v) is 9.77. The molecule has 0 aliphatic rings. The molecule has 0 saturated carbocycles. The first-order valence-corrected chi connectivity index (χ1v) is 21.5. The third kappa shape index (κ3) is 33.9. The highest BCUT2D eigenvalue weighted by Crippen LogP contribution is 2.43. The predicted molar refractivity (Wildman–Crippen MR) is 196 cm³/mol. The molecule has 0 heterocycles. The Bertz CT molecular complexity index is 796. The van der Waals surface area contributed by atoms with Crippen LogP contribution in [-0.2, 0) is 32.7 Å². The van der Waals surface area contributed by atoms with E-state index in [1.165, 1.54) is 122 Å². The van der Waals surface area contributed by atoms with E-state index in [2.05, 4.69) is 6.92 Å². The fourth-order valence-electron chi connectivity index (χ4n) is 5.70. The Hall–Kier alpha value is -1.03. The number of rotatable bonds is 38. The highest BCUT2D eigenvalue weighted by Gasteiger charge is 2.27. The van der Waals surface area contributed by atoms with Crippen LogP contribution in [0.4, 0.5) is 0 Å². The van der Waals surface area contributed by atoms with Gasteiger partial charge in [0.15, 0.2) is 0 Å². The molecule has 0 saturated heterocycles. The van der Waals surface area contributed by atoms with E-state index >= 15 is 0 Å². The van der Waals surface area contributed by atoms with Crippen LogP contribution >= 0.6 is 7.82 Å². The predicted octanol–water partition coefficient (Wildman–Crippen LogP) is 9.89. The van der Waals surface area contributed by atoms with Crippen molar-refractivity contribution in [2.24, 2.45) is 0 Å². The SMILES string of the molecule is CCCCCCCCCCCCCCCCCCCCCCCCCC(=O)OC(CO)COP(=O)(O)OCC(CO)OC(=O)CCCCC. The normalized spacial score (nSPS) is 14.0. The first-order valence-electron chi connectivity index (χ1n) is 20.0. The van der Waals surface area contributed by atoms with Gasteiger partial charge in [-0.3, -0.25) is 18.6 Å². The van der Waals surface area contributed by atoms with Gasteiger partial charge in [-0.15, -0.1) is 0 Å². The standard InChI is InChI=1S/C38H75O10P/c1-3-5-7-8-9-10-11-12-13-14-15-16-17-18-19-20-21-22-23-24-25-26-28-30-38(42)48-36(32-40)34-46-49(43,44)45-33-35(31-39)47-37(41)29-27-6-4-2/h35-36,39-40H,3-34H2,1-2H3,(H,43,44). The first kappa shape index (κ1) is 48.0. The molecule has 3 atom stereocenters. The van der Waals surface area contributed by atoms with Gasteiger partial charge in [0.05, 0.1) is 26.4 Å².